The predicted octanol–water partition coefficient (Wildman–Crippen LogP) is 1.69. The lowest BCUT2D eigenvalue weighted by Crippen LogP contribution is -2.29. The standard InChI is InChI=1S/C14H17N5O2S/c1-9-12(8-22-17-9)14(21)18-5-3-11(7-18)19-6-4-13(16-19)15-10(2)20/h4,6,8,11H,3,5,7H2,1-2H3,(H,15,16,20). The molecule has 1 fully saturated rings. The second kappa shape index (κ2) is 5.88. The first-order chi connectivity index (χ1) is 10.5. The van der Waals surface area contributed by atoms with Crippen LogP contribution in [0.4, 0.5) is 5.82 Å². The van der Waals surface area contributed by atoms with E-state index < -0.39 is 0 Å². The lowest BCUT2D eigenvalue weighted by atomic mass is 10.2. The molecule has 7 nitrogen and oxygen atoms in total. The van der Waals surface area contributed by atoms with Crippen LogP contribution in [0.3, 0.4) is 0 Å². The summed E-state index contributed by atoms with van der Waals surface area (Å²) in [5, 5.41) is 8.80. The Morgan fingerprint density at radius 2 is 2.27 bits per heavy atom. The van der Waals surface area contributed by atoms with E-state index in [1.54, 1.807) is 11.4 Å². The van der Waals surface area contributed by atoms with Crippen molar-refractivity contribution in [2.75, 3.05) is 18.4 Å². The average molecular weight is 319 g/mol. The Morgan fingerprint density at radius 3 is 2.95 bits per heavy atom. The number of anilines is 1. The van der Waals surface area contributed by atoms with Gasteiger partial charge in [-0.1, -0.05) is 0 Å². The van der Waals surface area contributed by atoms with Crippen molar-refractivity contribution in [3.63, 3.8) is 0 Å². The molecule has 1 unspecified atom stereocenters. The smallest absolute Gasteiger partial charge is 0.256 e. The average Bonchev–Trinajstić information content (AvgIpc) is 3.16. The Labute approximate surface area is 132 Å². The van der Waals surface area contributed by atoms with Crippen molar-refractivity contribution in [2.45, 2.75) is 26.3 Å². The van der Waals surface area contributed by atoms with Crippen LogP contribution in [0.2, 0.25) is 0 Å². The SMILES string of the molecule is CC(=O)Nc1ccn(C2CCN(C(=O)c3csnc3C)C2)n1. The van der Waals surface area contributed by atoms with Gasteiger partial charge in [0.15, 0.2) is 5.82 Å². The molecular formula is C14H17N5O2S. The number of carbonyl (C=O) groups excluding carboxylic acids is 2. The molecule has 0 spiro atoms. The number of aromatic nitrogens is 3. The van der Waals surface area contributed by atoms with E-state index in [4.69, 9.17) is 0 Å². The predicted molar refractivity (Wildman–Crippen MR) is 82.9 cm³/mol. The number of rotatable bonds is 3. The first kappa shape index (κ1) is 14.7. The van der Waals surface area contributed by atoms with Gasteiger partial charge < -0.3 is 10.2 Å². The number of likely N-dealkylation sites (tertiary alicyclic amines) is 1. The van der Waals surface area contributed by atoms with Crippen LogP contribution in [0.25, 0.3) is 0 Å². The van der Waals surface area contributed by atoms with Gasteiger partial charge in [-0.15, -0.1) is 0 Å². The van der Waals surface area contributed by atoms with E-state index in [9.17, 15) is 9.59 Å². The van der Waals surface area contributed by atoms with E-state index in [2.05, 4.69) is 14.8 Å². The molecule has 1 saturated heterocycles. The van der Waals surface area contributed by atoms with Crippen LogP contribution in [-0.4, -0.2) is 44.0 Å². The molecular weight excluding hydrogens is 302 g/mol. The number of nitrogens with one attached hydrogen (secondary N) is 1. The van der Waals surface area contributed by atoms with E-state index in [1.165, 1.54) is 18.5 Å². The van der Waals surface area contributed by atoms with Gasteiger partial charge >= 0.3 is 0 Å². The highest BCUT2D eigenvalue weighted by Crippen LogP contribution is 2.24. The molecule has 2 aromatic heterocycles. The normalized spacial score (nSPS) is 17.7. The Morgan fingerprint density at radius 1 is 1.45 bits per heavy atom. The van der Waals surface area contributed by atoms with Crippen molar-refractivity contribution in [1.82, 2.24) is 19.1 Å². The Kier molecular flexibility index (Phi) is 3.93. The molecule has 0 saturated carbocycles. The van der Waals surface area contributed by atoms with Crippen LogP contribution >= 0.6 is 11.5 Å². The van der Waals surface area contributed by atoms with Crippen molar-refractivity contribution in [3.05, 3.63) is 28.9 Å². The summed E-state index contributed by atoms with van der Waals surface area (Å²) < 4.78 is 5.97. The molecule has 0 radical (unpaired) electrons. The molecule has 3 rings (SSSR count). The summed E-state index contributed by atoms with van der Waals surface area (Å²) >= 11 is 1.30. The van der Waals surface area contributed by atoms with Gasteiger partial charge in [0.2, 0.25) is 5.91 Å². The maximum absolute atomic E-state index is 12.5. The van der Waals surface area contributed by atoms with Crippen LogP contribution in [-0.2, 0) is 4.79 Å². The van der Waals surface area contributed by atoms with Crippen LogP contribution in [0.5, 0.6) is 0 Å². The number of hydrogen-bond donors (Lipinski definition) is 1. The molecule has 0 aliphatic carbocycles. The van der Waals surface area contributed by atoms with Gasteiger partial charge in [-0.3, -0.25) is 14.3 Å². The first-order valence-corrected chi connectivity index (χ1v) is 7.91. The Balaban J connectivity index is 1.67. The van der Waals surface area contributed by atoms with Gasteiger partial charge in [-0.2, -0.15) is 9.47 Å². The summed E-state index contributed by atoms with van der Waals surface area (Å²) in [4.78, 5) is 25.3. The number of carbonyl (C=O) groups is 2. The molecule has 0 bridgehead atoms. The van der Waals surface area contributed by atoms with Crippen LogP contribution < -0.4 is 5.32 Å². The van der Waals surface area contributed by atoms with Crippen molar-refractivity contribution < 1.29 is 9.59 Å². The van der Waals surface area contributed by atoms with Crippen molar-refractivity contribution in [2.24, 2.45) is 0 Å². The summed E-state index contributed by atoms with van der Waals surface area (Å²) in [5.41, 5.74) is 1.47. The van der Waals surface area contributed by atoms with Gasteiger partial charge in [0.1, 0.15) is 0 Å². The quantitative estimate of drug-likeness (QED) is 0.933. The van der Waals surface area contributed by atoms with E-state index in [0.29, 0.717) is 24.5 Å². The van der Waals surface area contributed by atoms with Crippen molar-refractivity contribution >= 4 is 29.2 Å². The fraction of sp³-hybridized carbons (Fsp3) is 0.429. The fourth-order valence-electron chi connectivity index (χ4n) is 2.60. The molecule has 0 aromatic carbocycles. The molecule has 2 aromatic rings. The number of nitrogens with zero attached hydrogens (tertiary/aromatic N) is 4. The molecule has 1 aliphatic rings. The van der Waals surface area contributed by atoms with Crippen LogP contribution in [0, 0.1) is 6.92 Å². The molecule has 1 atom stereocenters. The van der Waals surface area contributed by atoms with E-state index in [-0.39, 0.29) is 17.9 Å². The highest BCUT2D eigenvalue weighted by Gasteiger charge is 2.29. The highest BCUT2D eigenvalue weighted by molar-refractivity contribution is 7.03. The zero-order valence-electron chi connectivity index (χ0n) is 12.4. The largest absolute Gasteiger partial charge is 0.336 e. The second-order valence-corrected chi connectivity index (χ2v) is 6.00. The van der Waals surface area contributed by atoms with Gasteiger partial charge in [-0.25, -0.2) is 0 Å². The third-order valence-corrected chi connectivity index (χ3v) is 4.44. The first-order valence-electron chi connectivity index (χ1n) is 7.07. The maximum Gasteiger partial charge on any atom is 0.256 e. The zero-order chi connectivity index (χ0) is 15.7. The van der Waals surface area contributed by atoms with Gasteiger partial charge in [0.25, 0.3) is 5.91 Å². The third kappa shape index (κ3) is 2.87. The van der Waals surface area contributed by atoms with Crippen LogP contribution in [0.15, 0.2) is 17.6 Å². The number of amides is 2. The van der Waals surface area contributed by atoms with Crippen molar-refractivity contribution in [1.29, 1.82) is 0 Å². The summed E-state index contributed by atoms with van der Waals surface area (Å²) in [7, 11) is 0. The molecule has 1 N–H and O–H groups in total. The van der Waals surface area contributed by atoms with Gasteiger partial charge in [-0.05, 0) is 24.9 Å². The minimum absolute atomic E-state index is 0.0305. The molecule has 1 aliphatic heterocycles. The summed E-state index contributed by atoms with van der Waals surface area (Å²) in [5.74, 6) is 0.423. The minimum Gasteiger partial charge on any atom is -0.336 e. The molecule has 8 heteroatoms. The summed E-state index contributed by atoms with van der Waals surface area (Å²) in [6.45, 7) is 4.63. The molecule has 2 amide bonds. The van der Waals surface area contributed by atoms with Crippen molar-refractivity contribution in [3.8, 4) is 0 Å². The third-order valence-electron chi connectivity index (χ3n) is 3.72. The van der Waals surface area contributed by atoms with Gasteiger partial charge in [0, 0.05) is 37.7 Å². The molecule has 3 heterocycles. The Hall–Kier alpha value is -2.22. The fourth-order valence-corrected chi connectivity index (χ4v) is 3.28. The topological polar surface area (TPSA) is 80.1 Å². The minimum atomic E-state index is -0.145. The lowest BCUT2D eigenvalue weighted by molar-refractivity contribution is -0.114. The number of aryl methyl sites for hydroxylation is 1. The van der Waals surface area contributed by atoms with Gasteiger partial charge in [0.05, 0.1) is 17.3 Å². The molecule has 116 valence electrons. The van der Waals surface area contributed by atoms with E-state index >= 15 is 0 Å². The maximum atomic E-state index is 12.5. The summed E-state index contributed by atoms with van der Waals surface area (Å²) in [6.07, 6.45) is 2.69. The van der Waals surface area contributed by atoms with E-state index in [1.807, 2.05) is 22.7 Å². The Bertz CT molecular complexity index is 708. The van der Waals surface area contributed by atoms with E-state index in [0.717, 1.165) is 12.1 Å². The lowest BCUT2D eigenvalue weighted by Gasteiger charge is -2.16. The zero-order valence-corrected chi connectivity index (χ0v) is 13.3. The highest BCUT2D eigenvalue weighted by atomic mass is 32.1. The monoisotopic (exact) mass is 319 g/mol. The summed E-state index contributed by atoms with van der Waals surface area (Å²) in [6, 6.07) is 1.90. The number of hydrogen-bond acceptors (Lipinski definition) is 5. The second-order valence-electron chi connectivity index (χ2n) is 5.37. The van der Waals surface area contributed by atoms with Crippen LogP contribution in [0.1, 0.15) is 35.4 Å². The molecule has 22 heavy (non-hydrogen) atoms.